The molecule has 2 N–H and O–H groups in total. The van der Waals surface area contributed by atoms with E-state index in [0.717, 1.165) is 49.5 Å². The second kappa shape index (κ2) is 7.08. The van der Waals surface area contributed by atoms with Gasteiger partial charge in [-0.25, -0.2) is 0 Å². The fraction of sp³-hybridized carbons (Fsp3) is 0.875. The molecule has 4 aliphatic rings. The van der Waals surface area contributed by atoms with Crippen LogP contribution in [0.25, 0.3) is 0 Å². The molecule has 146 valence electrons. The largest absolute Gasteiger partial charge is 0.330 e. The van der Waals surface area contributed by atoms with Gasteiger partial charge in [0, 0.05) is 11.8 Å². The predicted molar refractivity (Wildman–Crippen MR) is 108 cm³/mol. The molecular formula is C24H39NO. The van der Waals surface area contributed by atoms with Gasteiger partial charge in [0.15, 0.2) is 0 Å². The van der Waals surface area contributed by atoms with E-state index in [1.807, 2.05) is 0 Å². The van der Waals surface area contributed by atoms with E-state index in [4.69, 9.17) is 5.73 Å². The summed E-state index contributed by atoms with van der Waals surface area (Å²) in [5.74, 6) is 4.69. The van der Waals surface area contributed by atoms with Crippen LogP contribution in [0.1, 0.15) is 84.5 Å². The number of carbonyl (C=O) groups excluding carboxylic acids is 1. The first-order valence-electron chi connectivity index (χ1n) is 11.4. The van der Waals surface area contributed by atoms with E-state index >= 15 is 0 Å². The summed E-state index contributed by atoms with van der Waals surface area (Å²) in [6.07, 6.45) is 18.7. The molecule has 0 heterocycles. The summed E-state index contributed by atoms with van der Waals surface area (Å²) in [5.41, 5.74) is 6.19. The van der Waals surface area contributed by atoms with Crippen LogP contribution in [-0.4, -0.2) is 12.3 Å². The molecule has 4 aliphatic carbocycles. The van der Waals surface area contributed by atoms with Crippen molar-refractivity contribution >= 4 is 5.78 Å². The highest BCUT2D eigenvalue weighted by Crippen LogP contribution is 2.65. The molecule has 0 aliphatic heterocycles. The molecule has 0 bridgehead atoms. The topological polar surface area (TPSA) is 43.1 Å². The van der Waals surface area contributed by atoms with Crippen molar-refractivity contribution in [2.45, 2.75) is 84.5 Å². The number of carbonyl (C=O) groups is 1. The Labute approximate surface area is 160 Å². The van der Waals surface area contributed by atoms with Crippen LogP contribution in [0.4, 0.5) is 0 Å². The van der Waals surface area contributed by atoms with E-state index in [1.165, 1.54) is 51.4 Å². The van der Waals surface area contributed by atoms with Gasteiger partial charge in [-0.05, 0) is 106 Å². The van der Waals surface area contributed by atoms with Gasteiger partial charge in [0.1, 0.15) is 5.78 Å². The van der Waals surface area contributed by atoms with E-state index in [9.17, 15) is 4.79 Å². The van der Waals surface area contributed by atoms with Gasteiger partial charge in [0.25, 0.3) is 0 Å². The monoisotopic (exact) mass is 357 g/mol. The summed E-state index contributed by atoms with van der Waals surface area (Å²) in [6, 6.07) is 0. The molecule has 4 rings (SSSR count). The summed E-state index contributed by atoms with van der Waals surface area (Å²) in [5, 5.41) is 0. The molecule has 26 heavy (non-hydrogen) atoms. The van der Waals surface area contributed by atoms with Crippen molar-refractivity contribution in [3.8, 4) is 0 Å². The van der Waals surface area contributed by atoms with Crippen molar-refractivity contribution in [3.63, 3.8) is 0 Å². The quantitative estimate of drug-likeness (QED) is 0.532. The number of rotatable bonds is 4. The normalized spacial score (nSPS) is 48.3. The molecule has 0 spiro atoms. The first-order chi connectivity index (χ1) is 12.5. The third-order valence-electron chi connectivity index (χ3n) is 9.40. The lowest BCUT2D eigenvalue weighted by molar-refractivity contribution is -0.139. The minimum Gasteiger partial charge on any atom is -0.330 e. The summed E-state index contributed by atoms with van der Waals surface area (Å²) >= 11 is 0. The maximum Gasteiger partial charge on any atom is 0.139 e. The molecule has 0 aromatic heterocycles. The van der Waals surface area contributed by atoms with Crippen molar-refractivity contribution < 1.29 is 4.79 Å². The minimum absolute atomic E-state index is 0.0350. The minimum atomic E-state index is 0.0350. The van der Waals surface area contributed by atoms with Crippen molar-refractivity contribution in [2.24, 2.45) is 46.2 Å². The molecule has 0 aromatic rings. The molecule has 0 saturated heterocycles. The Hall–Kier alpha value is -0.630. The average Bonchev–Trinajstić information content (AvgIpc) is 2.94. The number of ketones is 1. The molecule has 0 radical (unpaired) electrons. The van der Waals surface area contributed by atoms with Crippen molar-refractivity contribution in [1.82, 2.24) is 0 Å². The number of nitrogens with two attached hydrogens (primary N) is 1. The van der Waals surface area contributed by atoms with Gasteiger partial charge >= 0.3 is 0 Å². The third kappa shape index (κ3) is 2.91. The van der Waals surface area contributed by atoms with Gasteiger partial charge in [0.2, 0.25) is 0 Å². The van der Waals surface area contributed by atoms with Crippen LogP contribution < -0.4 is 5.73 Å². The van der Waals surface area contributed by atoms with Gasteiger partial charge in [-0.3, -0.25) is 4.79 Å². The molecule has 4 unspecified atom stereocenters. The number of hydrogen-bond donors (Lipinski definition) is 1. The maximum absolute atomic E-state index is 12.5. The Bertz CT molecular complexity index is 569. The average molecular weight is 358 g/mol. The van der Waals surface area contributed by atoms with Crippen LogP contribution in [0.2, 0.25) is 0 Å². The van der Waals surface area contributed by atoms with Crippen LogP contribution >= 0.6 is 0 Å². The van der Waals surface area contributed by atoms with Gasteiger partial charge in [-0.2, -0.15) is 0 Å². The fourth-order valence-electron chi connectivity index (χ4n) is 7.76. The van der Waals surface area contributed by atoms with Crippen molar-refractivity contribution in [2.75, 3.05) is 6.54 Å². The van der Waals surface area contributed by atoms with E-state index in [2.05, 4.69) is 26.0 Å². The molecule has 0 amide bonds. The zero-order chi connectivity index (χ0) is 18.4. The lowest BCUT2D eigenvalue weighted by Crippen LogP contribution is -2.53. The lowest BCUT2D eigenvalue weighted by Gasteiger charge is -2.60. The second-order valence-corrected chi connectivity index (χ2v) is 10.5. The van der Waals surface area contributed by atoms with Gasteiger partial charge < -0.3 is 5.73 Å². The number of fused-ring (bicyclic) bond motifs is 5. The Morgan fingerprint density at radius 1 is 1.08 bits per heavy atom. The lowest BCUT2D eigenvalue weighted by atomic mass is 9.44. The summed E-state index contributed by atoms with van der Waals surface area (Å²) in [7, 11) is 0. The van der Waals surface area contributed by atoms with Crippen molar-refractivity contribution in [3.05, 3.63) is 12.2 Å². The smallest absolute Gasteiger partial charge is 0.139 e. The Balaban J connectivity index is 1.46. The maximum atomic E-state index is 12.5. The summed E-state index contributed by atoms with van der Waals surface area (Å²) in [4.78, 5) is 12.5. The molecular weight excluding hydrogens is 318 g/mol. The number of unbranched alkanes of at least 4 members (excludes halogenated alkanes) is 1. The number of Topliss-reactive ketones (excluding diaryl/α,β-unsaturated/α-hetero) is 1. The van der Waals surface area contributed by atoms with E-state index < -0.39 is 0 Å². The van der Waals surface area contributed by atoms with Crippen LogP contribution in [0.15, 0.2) is 12.2 Å². The SMILES string of the molecule is C[C@]12CC[C@H](/C=C/CCCN)CC1CCC1C2CC[C@]2(C)C(=O)CCC12. The van der Waals surface area contributed by atoms with E-state index in [-0.39, 0.29) is 5.41 Å². The highest BCUT2D eigenvalue weighted by Gasteiger charge is 2.59. The first-order valence-corrected chi connectivity index (χ1v) is 11.4. The van der Waals surface area contributed by atoms with Gasteiger partial charge in [-0.15, -0.1) is 0 Å². The molecule has 4 fully saturated rings. The summed E-state index contributed by atoms with van der Waals surface area (Å²) in [6.45, 7) is 5.74. The molecule has 2 heteroatoms. The number of hydrogen-bond acceptors (Lipinski definition) is 2. The summed E-state index contributed by atoms with van der Waals surface area (Å²) < 4.78 is 0. The van der Waals surface area contributed by atoms with Crippen LogP contribution in [-0.2, 0) is 4.79 Å². The third-order valence-corrected chi connectivity index (χ3v) is 9.40. The fourth-order valence-corrected chi connectivity index (χ4v) is 7.76. The number of allylic oxidation sites excluding steroid dienone is 2. The van der Waals surface area contributed by atoms with E-state index in [1.54, 1.807) is 0 Å². The van der Waals surface area contributed by atoms with Gasteiger partial charge in [0.05, 0.1) is 0 Å². The van der Waals surface area contributed by atoms with Crippen LogP contribution in [0.3, 0.4) is 0 Å². The van der Waals surface area contributed by atoms with E-state index in [0.29, 0.717) is 17.1 Å². The van der Waals surface area contributed by atoms with Gasteiger partial charge in [-0.1, -0.05) is 26.0 Å². The highest BCUT2D eigenvalue weighted by atomic mass is 16.1. The first kappa shape index (κ1) is 18.7. The zero-order valence-corrected chi connectivity index (χ0v) is 17.0. The molecule has 4 saturated carbocycles. The zero-order valence-electron chi connectivity index (χ0n) is 17.0. The molecule has 2 nitrogen and oxygen atoms in total. The molecule has 7 atom stereocenters. The predicted octanol–water partition coefficient (Wildman–Crippen LogP) is 5.51. The highest BCUT2D eigenvalue weighted by molar-refractivity contribution is 5.87. The van der Waals surface area contributed by atoms with Crippen LogP contribution in [0, 0.1) is 40.4 Å². The van der Waals surface area contributed by atoms with Crippen LogP contribution in [0.5, 0.6) is 0 Å². The Kier molecular flexibility index (Phi) is 5.09. The second-order valence-electron chi connectivity index (χ2n) is 10.5. The standard InChI is InChI=1S/C24H39NO/c1-23-13-11-17(6-4-3-5-15-25)16-18(23)7-8-19-20-9-10-22(26)24(20,2)14-12-21(19)23/h4,6,17-21H,3,5,7-16,25H2,1-2H3/b6-4+/t17-,18?,19?,20?,21?,23-,24-/m0/s1. The Morgan fingerprint density at radius 2 is 1.92 bits per heavy atom. The Morgan fingerprint density at radius 3 is 2.73 bits per heavy atom. The molecule has 0 aromatic carbocycles. The van der Waals surface area contributed by atoms with Crippen molar-refractivity contribution in [1.29, 1.82) is 0 Å².